The Morgan fingerprint density at radius 1 is 1.00 bits per heavy atom. The molecule has 0 radical (unpaired) electrons. The lowest BCUT2D eigenvalue weighted by Crippen LogP contribution is -2.16. The van der Waals surface area contributed by atoms with Crippen LogP contribution in [0.1, 0.15) is 0 Å². The van der Waals surface area contributed by atoms with E-state index in [9.17, 15) is 0 Å². The second kappa shape index (κ2) is 1.71. The van der Waals surface area contributed by atoms with Gasteiger partial charge in [0.2, 0.25) is 0 Å². The summed E-state index contributed by atoms with van der Waals surface area (Å²) in [5.41, 5.74) is 0. The van der Waals surface area contributed by atoms with Crippen LogP contribution in [-0.4, -0.2) is 23.0 Å². The molecule has 0 unspecified atom stereocenters. The summed E-state index contributed by atoms with van der Waals surface area (Å²) >= 11 is 0. The van der Waals surface area contributed by atoms with E-state index in [1.807, 2.05) is 0 Å². The predicted octanol–water partition coefficient (Wildman–Crippen LogP) is 0.881. The second-order valence-electron chi connectivity index (χ2n) is 1.32. The molecule has 0 aromatic rings. The Morgan fingerprint density at radius 3 is 1.33 bits per heavy atom. The first kappa shape index (κ1) is 4.93. The van der Waals surface area contributed by atoms with Crippen LogP contribution in [0.2, 0.25) is 0 Å². The lowest BCUT2D eigenvalue weighted by molar-refractivity contribution is 0.707. The van der Waals surface area contributed by atoms with Gasteiger partial charge in [-0.25, -0.2) is 8.88 Å². The summed E-state index contributed by atoms with van der Waals surface area (Å²) in [6, 6.07) is 0. The van der Waals surface area contributed by atoms with E-state index in [2.05, 4.69) is 23.0 Å². The Kier molecular flexibility index (Phi) is 1.41. The van der Waals surface area contributed by atoms with E-state index in [1.54, 1.807) is 0 Å². The Labute approximate surface area is 41.7 Å². The fourth-order valence-electron chi connectivity index (χ4n) is 0.450. The van der Waals surface area contributed by atoms with E-state index in [1.165, 1.54) is 0 Å². The van der Waals surface area contributed by atoms with E-state index >= 15 is 0 Å². The Hall–Kier alpha value is 0.780. The zero-order valence-electron chi connectivity index (χ0n) is 3.89. The molecule has 0 N–H and O–H groups in total. The van der Waals surface area contributed by atoms with Crippen LogP contribution < -0.4 is 0 Å². The van der Waals surface area contributed by atoms with Crippen molar-refractivity contribution in [3.05, 3.63) is 0 Å². The molecule has 0 spiro atoms. The number of rotatable bonds is 0. The molecule has 6 heavy (non-hydrogen) atoms. The van der Waals surface area contributed by atoms with Gasteiger partial charge in [0.05, 0.1) is 0 Å². The van der Waals surface area contributed by atoms with Gasteiger partial charge in [0, 0.05) is 17.8 Å². The zero-order valence-corrected chi connectivity index (χ0v) is 5.89. The van der Waals surface area contributed by atoms with Crippen LogP contribution in [0, 0.1) is 0 Å². The SMILES string of the molecule is CN1PN(C)P1. The maximum Gasteiger partial charge on any atom is 0.0325 e. The third-order valence-corrected chi connectivity index (χ3v) is 3.00. The number of hydrogen-bond donors (Lipinski definition) is 0. The molecule has 1 fully saturated rings. The van der Waals surface area contributed by atoms with E-state index in [0.717, 1.165) is 17.8 Å². The van der Waals surface area contributed by atoms with Crippen molar-refractivity contribution in [1.29, 1.82) is 0 Å². The Morgan fingerprint density at radius 2 is 1.33 bits per heavy atom. The fourth-order valence-corrected chi connectivity index (χ4v) is 2.85. The smallest absolute Gasteiger partial charge is 0.0325 e. The first-order valence-corrected chi connectivity index (χ1v) is 3.58. The quantitative estimate of drug-likeness (QED) is 0.440. The van der Waals surface area contributed by atoms with Gasteiger partial charge in [-0.1, -0.05) is 0 Å². The molecule has 1 saturated heterocycles. The monoisotopic (exact) mass is 122 g/mol. The minimum Gasteiger partial charge on any atom is -0.242 e. The summed E-state index contributed by atoms with van der Waals surface area (Å²) in [5, 5.41) is 0. The molecule has 36 valence electrons. The normalized spacial score (nSPS) is 35.0. The van der Waals surface area contributed by atoms with Crippen molar-refractivity contribution >= 4 is 17.8 Å². The molecule has 0 saturated carbocycles. The van der Waals surface area contributed by atoms with Gasteiger partial charge >= 0.3 is 0 Å². The minimum atomic E-state index is 0.948. The Balaban J connectivity index is 2.11. The molecule has 1 aliphatic rings. The van der Waals surface area contributed by atoms with E-state index in [-0.39, 0.29) is 0 Å². The molecule has 0 aliphatic carbocycles. The van der Waals surface area contributed by atoms with Crippen molar-refractivity contribution < 1.29 is 0 Å². The van der Waals surface area contributed by atoms with Crippen LogP contribution in [0.4, 0.5) is 0 Å². The van der Waals surface area contributed by atoms with E-state index in [0.29, 0.717) is 0 Å². The van der Waals surface area contributed by atoms with Crippen molar-refractivity contribution in [2.75, 3.05) is 14.1 Å². The van der Waals surface area contributed by atoms with Gasteiger partial charge in [0.25, 0.3) is 0 Å². The molecule has 4 heteroatoms. The van der Waals surface area contributed by atoms with Crippen LogP contribution >= 0.6 is 17.8 Å². The maximum atomic E-state index is 2.31. The Bertz CT molecular complexity index is 45.5. The summed E-state index contributed by atoms with van der Waals surface area (Å²) in [7, 11) is 6.17. The molecule has 1 aliphatic heterocycles. The third-order valence-electron chi connectivity index (χ3n) is 0.600. The van der Waals surface area contributed by atoms with E-state index < -0.39 is 0 Å². The van der Waals surface area contributed by atoms with Gasteiger partial charge in [-0.15, -0.1) is 0 Å². The van der Waals surface area contributed by atoms with Crippen LogP contribution in [0.5, 0.6) is 0 Å². The average molecular weight is 122 g/mol. The summed E-state index contributed by atoms with van der Waals surface area (Å²) in [6.45, 7) is 0. The fraction of sp³-hybridized carbons (Fsp3) is 1.00. The highest BCUT2D eigenvalue weighted by atomic mass is 31.2. The second-order valence-corrected chi connectivity index (χ2v) is 5.30. The van der Waals surface area contributed by atoms with Gasteiger partial charge in [-0.3, -0.25) is 0 Å². The number of hydrogen-bond acceptors (Lipinski definition) is 2. The molecule has 0 aromatic heterocycles. The molecule has 0 bridgehead atoms. The average Bonchev–Trinajstić information content (AvgIpc) is 1.33. The minimum absolute atomic E-state index is 0.948. The highest BCUT2D eigenvalue weighted by Crippen LogP contribution is 2.50. The van der Waals surface area contributed by atoms with Crippen LogP contribution in [0.15, 0.2) is 0 Å². The highest BCUT2D eigenvalue weighted by molar-refractivity contribution is 7.64. The largest absolute Gasteiger partial charge is 0.242 e. The molecule has 2 nitrogen and oxygen atoms in total. The predicted molar refractivity (Wildman–Crippen MR) is 32.2 cm³/mol. The van der Waals surface area contributed by atoms with Crippen LogP contribution in [-0.2, 0) is 0 Å². The summed E-state index contributed by atoms with van der Waals surface area (Å²) in [6.07, 6.45) is 0. The molecule has 1 heterocycles. The highest BCUT2D eigenvalue weighted by Gasteiger charge is 2.13. The van der Waals surface area contributed by atoms with Gasteiger partial charge in [-0.2, -0.15) is 0 Å². The first-order valence-electron chi connectivity index (χ1n) is 1.79. The van der Waals surface area contributed by atoms with Gasteiger partial charge < -0.3 is 0 Å². The molecule has 0 aromatic carbocycles. The van der Waals surface area contributed by atoms with Crippen molar-refractivity contribution in [2.45, 2.75) is 0 Å². The van der Waals surface area contributed by atoms with Crippen molar-refractivity contribution in [1.82, 2.24) is 8.88 Å². The van der Waals surface area contributed by atoms with Gasteiger partial charge in [-0.05, 0) is 14.1 Å². The van der Waals surface area contributed by atoms with Crippen molar-refractivity contribution in [3.8, 4) is 0 Å². The lowest BCUT2D eigenvalue weighted by atomic mass is 11.6. The standard InChI is InChI=1S/C2H8N2P2/c1-3-5-4(2)6-3/h5-6H,1-2H3. The molecule has 0 atom stereocenters. The van der Waals surface area contributed by atoms with Crippen LogP contribution in [0.3, 0.4) is 0 Å². The summed E-state index contributed by atoms with van der Waals surface area (Å²) in [5.74, 6) is 0. The van der Waals surface area contributed by atoms with Crippen molar-refractivity contribution in [2.24, 2.45) is 0 Å². The molecule has 0 amide bonds. The zero-order chi connectivity index (χ0) is 4.57. The number of nitrogens with zero attached hydrogens (tertiary/aromatic N) is 2. The van der Waals surface area contributed by atoms with Gasteiger partial charge in [0.1, 0.15) is 0 Å². The summed E-state index contributed by atoms with van der Waals surface area (Å²) < 4.78 is 4.61. The maximum absolute atomic E-state index is 2.31. The topological polar surface area (TPSA) is 6.48 Å². The van der Waals surface area contributed by atoms with Gasteiger partial charge in [0.15, 0.2) is 0 Å². The molecular weight excluding hydrogens is 114 g/mol. The molecule has 1 rings (SSSR count). The molecular formula is C2H8N2P2. The first-order chi connectivity index (χ1) is 2.79. The van der Waals surface area contributed by atoms with E-state index in [4.69, 9.17) is 0 Å². The lowest BCUT2D eigenvalue weighted by Gasteiger charge is -2.35. The third kappa shape index (κ3) is 0.886. The van der Waals surface area contributed by atoms with Crippen molar-refractivity contribution in [3.63, 3.8) is 0 Å². The summed E-state index contributed by atoms with van der Waals surface area (Å²) in [4.78, 5) is 0. The van der Waals surface area contributed by atoms with Crippen LogP contribution in [0.25, 0.3) is 0 Å².